The second kappa shape index (κ2) is 10.3. The first kappa shape index (κ1) is 19.5. The van der Waals surface area contributed by atoms with Crippen LogP contribution in [0.25, 0.3) is 0 Å². The Bertz CT molecular complexity index is 625. The first-order chi connectivity index (χ1) is 10.8. The van der Waals surface area contributed by atoms with Gasteiger partial charge in [0.2, 0.25) is 0 Å². The van der Waals surface area contributed by atoms with Crippen LogP contribution in [0.2, 0.25) is 0 Å². The molecule has 23 heavy (non-hydrogen) atoms. The number of aryl methyl sites for hydroxylation is 2. The third-order valence-corrected chi connectivity index (χ3v) is 3.57. The van der Waals surface area contributed by atoms with Crippen molar-refractivity contribution >= 4 is 29.9 Å². The molecule has 5 nitrogen and oxygen atoms in total. The van der Waals surface area contributed by atoms with Crippen LogP contribution in [0.4, 0.5) is 0 Å². The molecule has 126 valence electrons. The molecular formula is C17H25IN4O. The van der Waals surface area contributed by atoms with Crippen LogP contribution in [0.15, 0.2) is 39.8 Å². The van der Waals surface area contributed by atoms with Crippen molar-refractivity contribution in [3.05, 3.63) is 52.9 Å². The fourth-order valence-corrected chi connectivity index (χ4v) is 2.25. The van der Waals surface area contributed by atoms with Crippen LogP contribution in [0.3, 0.4) is 0 Å². The maximum Gasteiger partial charge on any atom is 0.191 e. The van der Waals surface area contributed by atoms with E-state index in [0.29, 0.717) is 6.54 Å². The molecule has 0 unspecified atom stereocenters. The van der Waals surface area contributed by atoms with Crippen LogP contribution >= 0.6 is 24.0 Å². The lowest BCUT2D eigenvalue weighted by Gasteiger charge is -2.13. The fourth-order valence-electron chi connectivity index (χ4n) is 2.25. The molecule has 0 saturated carbocycles. The summed E-state index contributed by atoms with van der Waals surface area (Å²) in [5.41, 5.74) is 3.62. The van der Waals surface area contributed by atoms with Crippen molar-refractivity contribution in [1.82, 2.24) is 15.8 Å². The lowest BCUT2D eigenvalue weighted by Crippen LogP contribution is -2.36. The van der Waals surface area contributed by atoms with Gasteiger partial charge in [-0.3, -0.25) is 4.99 Å². The van der Waals surface area contributed by atoms with Gasteiger partial charge in [0.25, 0.3) is 0 Å². The summed E-state index contributed by atoms with van der Waals surface area (Å²) < 4.78 is 5.25. The summed E-state index contributed by atoms with van der Waals surface area (Å²) in [5, 5.41) is 10.5. The van der Waals surface area contributed by atoms with Gasteiger partial charge in [-0.05, 0) is 24.0 Å². The van der Waals surface area contributed by atoms with Gasteiger partial charge in [-0.15, -0.1) is 24.0 Å². The summed E-state index contributed by atoms with van der Waals surface area (Å²) >= 11 is 0. The molecule has 0 bridgehead atoms. The molecule has 1 aromatic heterocycles. The highest BCUT2D eigenvalue weighted by molar-refractivity contribution is 14.0. The van der Waals surface area contributed by atoms with Gasteiger partial charge >= 0.3 is 0 Å². The van der Waals surface area contributed by atoms with Gasteiger partial charge in [-0.1, -0.05) is 43.3 Å². The number of aromatic nitrogens is 1. The van der Waals surface area contributed by atoms with Crippen LogP contribution in [-0.4, -0.2) is 18.2 Å². The van der Waals surface area contributed by atoms with Gasteiger partial charge in [-0.25, -0.2) is 0 Å². The van der Waals surface area contributed by atoms with Gasteiger partial charge in [0.05, 0.1) is 12.2 Å². The average molecular weight is 428 g/mol. The third-order valence-electron chi connectivity index (χ3n) is 3.57. The number of rotatable bonds is 6. The monoisotopic (exact) mass is 428 g/mol. The third kappa shape index (κ3) is 5.85. The molecule has 0 spiro atoms. The first-order valence-electron chi connectivity index (χ1n) is 7.72. The molecule has 2 aromatic rings. The molecule has 2 N–H and O–H groups in total. The number of aliphatic imine (C=N–C) groups is 1. The number of guanidine groups is 1. The van der Waals surface area contributed by atoms with E-state index in [9.17, 15) is 0 Å². The second-order valence-electron chi connectivity index (χ2n) is 5.04. The van der Waals surface area contributed by atoms with E-state index in [1.165, 1.54) is 11.1 Å². The van der Waals surface area contributed by atoms with Gasteiger partial charge < -0.3 is 15.2 Å². The van der Waals surface area contributed by atoms with Gasteiger partial charge in [0.15, 0.2) is 11.7 Å². The largest absolute Gasteiger partial charge is 0.359 e. The minimum atomic E-state index is 0. The van der Waals surface area contributed by atoms with Gasteiger partial charge in [0, 0.05) is 19.7 Å². The Morgan fingerprint density at radius 3 is 2.39 bits per heavy atom. The minimum Gasteiger partial charge on any atom is -0.359 e. The Morgan fingerprint density at radius 1 is 1.09 bits per heavy atom. The van der Waals surface area contributed by atoms with Crippen molar-refractivity contribution in [3.63, 3.8) is 0 Å². The number of halogens is 1. The van der Waals surface area contributed by atoms with E-state index in [2.05, 4.69) is 58.9 Å². The SMILES string of the molecule is CCc1cc(CNC(=NC)NCc2ccccc2CC)on1.I. The zero-order valence-electron chi connectivity index (χ0n) is 13.9. The van der Waals surface area contributed by atoms with E-state index in [1.54, 1.807) is 7.05 Å². The van der Waals surface area contributed by atoms with Crippen molar-refractivity contribution in [1.29, 1.82) is 0 Å². The van der Waals surface area contributed by atoms with E-state index < -0.39 is 0 Å². The molecule has 2 rings (SSSR count). The highest BCUT2D eigenvalue weighted by Crippen LogP contribution is 2.09. The molecule has 1 aromatic carbocycles. The van der Waals surface area contributed by atoms with Gasteiger partial charge in [0.1, 0.15) is 0 Å². The van der Waals surface area contributed by atoms with Crippen LogP contribution in [0.5, 0.6) is 0 Å². The van der Waals surface area contributed by atoms with Crippen molar-refractivity contribution in [2.24, 2.45) is 4.99 Å². The number of hydrogen-bond donors (Lipinski definition) is 2. The molecule has 0 aliphatic heterocycles. The standard InChI is InChI=1S/C17H24N4O.HI/c1-4-13-8-6-7-9-14(13)11-19-17(18-3)20-12-16-10-15(5-2)21-22-16;/h6-10H,4-5,11-12H2,1-3H3,(H2,18,19,20);1H. The smallest absolute Gasteiger partial charge is 0.191 e. The molecule has 1 heterocycles. The Hall–Kier alpha value is -1.57. The Balaban J connectivity index is 0.00000264. The van der Waals surface area contributed by atoms with Crippen molar-refractivity contribution in [2.45, 2.75) is 39.8 Å². The molecule has 0 amide bonds. The fraction of sp³-hybridized carbons (Fsp3) is 0.412. The van der Waals surface area contributed by atoms with Gasteiger partial charge in [-0.2, -0.15) is 0 Å². The summed E-state index contributed by atoms with van der Waals surface area (Å²) in [6, 6.07) is 10.4. The zero-order chi connectivity index (χ0) is 15.8. The van der Waals surface area contributed by atoms with E-state index in [0.717, 1.165) is 36.8 Å². The van der Waals surface area contributed by atoms with Crippen molar-refractivity contribution < 1.29 is 4.52 Å². The Morgan fingerprint density at radius 2 is 1.78 bits per heavy atom. The first-order valence-corrected chi connectivity index (χ1v) is 7.72. The summed E-state index contributed by atoms with van der Waals surface area (Å²) in [4.78, 5) is 4.23. The zero-order valence-corrected chi connectivity index (χ0v) is 16.3. The quantitative estimate of drug-likeness (QED) is 0.421. The maximum atomic E-state index is 5.25. The highest BCUT2D eigenvalue weighted by Gasteiger charge is 2.05. The van der Waals surface area contributed by atoms with Crippen LogP contribution in [0, 0.1) is 0 Å². The number of hydrogen-bond acceptors (Lipinski definition) is 3. The van der Waals surface area contributed by atoms with E-state index >= 15 is 0 Å². The molecule has 6 heteroatoms. The van der Waals surface area contributed by atoms with Crippen molar-refractivity contribution in [3.8, 4) is 0 Å². The van der Waals surface area contributed by atoms with E-state index in [1.807, 2.05) is 6.07 Å². The topological polar surface area (TPSA) is 62.5 Å². The molecular weight excluding hydrogens is 403 g/mol. The molecule has 0 radical (unpaired) electrons. The second-order valence-corrected chi connectivity index (χ2v) is 5.04. The number of benzene rings is 1. The summed E-state index contributed by atoms with van der Waals surface area (Å²) in [7, 11) is 1.76. The normalized spacial score (nSPS) is 11.0. The predicted molar refractivity (Wildman–Crippen MR) is 104 cm³/mol. The summed E-state index contributed by atoms with van der Waals surface area (Å²) in [5.74, 6) is 1.56. The predicted octanol–water partition coefficient (Wildman–Crippen LogP) is 3.28. The molecule has 0 aliphatic carbocycles. The average Bonchev–Trinajstić information content (AvgIpc) is 3.03. The van der Waals surface area contributed by atoms with Crippen LogP contribution in [-0.2, 0) is 25.9 Å². The van der Waals surface area contributed by atoms with Crippen LogP contribution in [0.1, 0.15) is 36.4 Å². The minimum absolute atomic E-state index is 0. The molecule has 0 atom stereocenters. The highest BCUT2D eigenvalue weighted by atomic mass is 127. The van der Waals surface area contributed by atoms with Crippen molar-refractivity contribution in [2.75, 3.05) is 7.05 Å². The lowest BCUT2D eigenvalue weighted by atomic mass is 10.1. The molecule has 0 aliphatic rings. The summed E-state index contributed by atoms with van der Waals surface area (Å²) in [6.45, 7) is 5.55. The maximum absolute atomic E-state index is 5.25. The molecule has 0 fully saturated rings. The molecule has 0 saturated heterocycles. The van der Waals surface area contributed by atoms with E-state index in [4.69, 9.17) is 4.52 Å². The number of nitrogens with one attached hydrogen (secondary N) is 2. The van der Waals surface area contributed by atoms with Crippen LogP contribution < -0.4 is 10.6 Å². The lowest BCUT2D eigenvalue weighted by molar-refractivity contribution is 0.374. The number of nitrogens with zero attached hydrogens (tertiary/aromatic N) is 2. The Labute approximate surface area is 155 Å². The Kier molecular flexibility index (Phi) is 8.68. The van der Waals surface area contributed by atoms with E-state index in [-0.39, 0.29) is 24.0 Å². The summed E-state index contributed by atoms with van der Waals surface area (Å²) in [6.07, 6.45) is 1.91.